The summed E-state index contributed by atoms with van der Waals surface area (Å²) >= 11 is 19.0. The zero-order valence-corrected chi connectivity index (χ0v) is 20.2. The van der Waals surface area contributed by atoms with Gasteiger partial charge in [-0.1, -0.05) is 71.2 Å². The van der Waals surface area contributed by atoms with Crippen LogP contribution in [0, 0.1) is 0 Å². The predicted molar refractivity (Wildman–Crippen MR) is 130 cm³/mol. The van der Waals surface area contributed by atoms with Crippen molar-refractivity contribution < 1.29 is 18.3 Å². The van der Waals surface area contributed by atoms with Crippen LogP contribution in [0.5, 0.6) is 0 Å². The molecule has 2 aromatic carbocycles. The Morgan fingerprint density at radius 3 is 2.14 bits per heavy atom. The quantitative estimate of drug-likeness (QED) is 0.279. The number of aromatic nitrogens is 4. The van der Waals surface area contributed by atoms with Crippen LogP contribution in [0.3, 0.4) is 0 Å². The summed E-state index contributed by atoms with van der Waals surface area (Å²) in [6, 6.07) is 13.1. The molecule has 1 N–H and O–H groups in total. The summed E-state index contributed by atoms with van der Waals surface area (Å²) in [7, 11) is 0. The first kappa shape index (κ1) is 25.3. The van der Waals surface area contributed by atoms with Crippen molar-refractivity contribution in [1.82, 2.24) is 19.3 Å². The lowest BCUT2D eigenvalue weighted by atomic mass is 9.92. The molecule has 5 nitrogen and oxygen atoms in total. The average molecular weight is 542 g/mol. The Labute approximate surface area is 214 Å². The first-order valence-electron chi connectivity index (χ1n) is 10.3. The van der Waals surface area contributed by atoms with Crippen LogP contribution in [0.2, 0.25) is 15.3 Å². The Bertz CT molecular complexity index is 1320. The van der Waals surface area contributed by atoms with Crippen LogP contribution in [0.4, 0.5) is 13.2 Å². The number of nitrogens with zero attached hydrogens (tertiary/aromatic N) is 4. The van der Waals surface area contributed by atoms with E-state index in [1.807, 2.05) is 18.2 Å². The Kier molecular flexibility index (Phi) is 7.28. The molecule has 35 heavy (non-hydrogen) atoms. The maximum Gasteiger partial charge on any atom is 0.416 e. The molecule has 0 saturated carbocycles. The zero-order valence-electron chi connectivity index (χ0n) is 17.9. The molecule has 182 valence electrons. The molecule has 0 amide bonds. The third-order valence-electron chi connectivity index (χ3n) is 5.39. The second-order valence-electron chi connectivity index (χ2n) is 7.88. The third kappa shape index (κ3) is 5.90. The van der Waals surface area contributed by atoms with E-state index in [9.17, 15) is 18.3 Å². The number of hydrogen-bond donors (Lipinski definition) is 1. The van der Waals surface area contributed by atoms with Crippen molar-refractivity contribution in [1.29, 1.82) is 0 Å². The minimum absolute atomic E-state index is 0.0981. The third-order valence-corrected chi connectivity index (χ3v) is 6.38. The molecule has 0 aliphatic heterocycles. The van der Waals surface area contributed by atoms with Crippen molar-refractivity contribution >= 4 is 47.0 Å². The van der Waals surface area contributed by atoms with Crippen LogP contribution in [0.25, 0.3) is 12.2 Å². The van der Waals surface area contributed by atoms with E-state index in [-0.39, 0.29) is 29.0 Å². The lowest BCUT2D eigenvalue weighted by Gasteiger charge is -2.30. The van der Waals surface area contributed by atoms with Gasteiger partial charge in [0.25, 0.3) is 0 Å². The fraction of sp³-hybridized carbons (Fsp3) is 0.167. The monoisotopic (exact) mass is 540 g/mol. The summed E-state index contributed by atoms with van der Waals surface area (Å²) in [6.07, 6.45) is 1.79. The number of rotatable bonds is 7. The fourth-order valence-electron chi connectivity index (χ4n) is 3.58. The smallest absolute Gasteiger partial charge is 0.381 e. The van der Waals surface area contributed by atoms with E-state index in [4.69, 9.17) is 34.8 Å². The van der Waals surface area contributed by atoms with E-state index in [0.29, 0.717) is 10.6 Å². The van der Waals surface area contributed by atoms with Crippen molar-refractivity contribution in [2.75, 3.05) is 0 Å². The maximum atomic E-state index is 13.1. The summed E-state index contributed by atoms with van der Waals surface area (Å²) in [6.45, 7) is -0.246. The molecule has 11 heteroatoms. The molecule has 0 aliphatic carbocycles. The topological polar surface area (TPSA) is 55.9 Å². The number of halogens is 6. The van der Waals surface area contributed by atoms with Crippen molar-refractivity contribution in [2.45, 2.75) is 24.9 Å². The minimum atomic E-state index is -4.50. The van der Waals surface area contributed by atoms with E-state index in [1.54, 1.807) is 24.3 Å². The molecule has 2 aromatic heterocycles. The van der Waals surface area contributed by atoms with Gasteiger partial charge in [-0.3, -0.25) is 0 Å². The highest BCUT2D eigenvalue weighted by Crippen LogP contribution is 2.35. The van der Waals surface area contributed by atoms with Gasteiger partial charge in [0.15, 0.2) is 0 Å². The molecular weight excluding hydrogens is 524 g/mol. The highest BCUT2D eigenvalue weighted by Gasteiger charge is 2.35. The summed E-state index contributed by atoms with van der Waals surface area (Å²) < 4.78 is 42.0. The molecular formula is C24H18Cl3F3N4O. The number of alkyl halides is 3. The Hall–Kier alpha value is -2.78. The Balaban J connectivity index is 1.67. The van der Waals surface area contributed by atoms with Gasteiger partial charge in [-0.05, 0) is 41.5 Å². The number of benzene rings is 2. The molecule has 0 bridgehead atoms. The molecule has 0 fully saturated rings. The molecule has 0 aliphatic rings. The summed E-state index contributed by atoms with van der Waals surface area (Å²) in [4.78, 5) is 3.87. The maximum absolute atomic E-state index is 13.1. The lowest BCUT2D eigenvalue weighted by molar-refractivity contribution is -0.137. The van der Waals surface area contributed by atoms with E-state index in [1.165, 1.54) is 34.0 Å². The second-order valence-corrected chi connectivity index (χ2v) is 9.07. The summed E-state index contributed by atoms with van der Waals surface area (Å²) in [5, 5.41) is 16.8. The molecule has 1 unspecified atom stereocenters. The van der Waals surface area contributed by atoms with Gasteiger partial charge in [0, 0.05) is 10.6 Å². The predicted octanol–water partition coefficient (Wildman–Crippen LogP) is 6.82. The molecule has 4 rings (SSSR count). The van der Waals surface area contributed by atoms with Crippen LogP contribution in [0.1, 0.15) is 22.3 Å². The van der Waals surface area contributed by atoms with Gasteiger partial charge < -0.3 is 9.67 Å². The highest BCUT2D eigenvalue weighted by atomic mass is 35.5. The van der Waals surface area contributed by atoms with Gasteiger partial charge in [0.2, 0.25) is 0 Å². The molecule has 0 saturated heterocycles. The molecule has 1 atom stereocenters. The van der Waals surface area contributed by atoms with E-state index < -0.39 is 17.3 Å². The molecule has 0 spiro atoms. The fourth-order valence-corrected chi connectivity index (χ4v) is 4.28. The van der Waals surface area contributed by atoms with Gasteiger partial charge in [-0.15, -0.1) is 0 Å². The van der Waals surface area contributed by atoms with Gasteiger partial charge in [0.1, 0.15) is 28.6 Å². The normalized spacial score (nSPS) is 13.9. The molecule has 4 aromatic rings. The number of hydrogen-bond acceptors (Lipinski definition) is 3. The highest BCUT2D eigenvalue weighted by molar-refractivity contribution is 6.35. The van der Waals surface area contributed by atoms with Crippen LogP contribution in [0.15, 0.2) is 67.3 Å². The second kappa shape index (κ2) is 10.1. The first-order chi connectivity index (χ1) is 16.5. The van der Waals surface area contributed by atoms with Gasteiger partial charge in [0.05, 0.1) is 18.7 Å². The Morgan fingerprint density at radius 2 is 1.54 bits per heavy atom. The molecule has 0 radical (unpaired) electrons. The zero-order chi connectivity index (χ0) is 25.2. The van der Waals surface area contributed by atoms with Crippen molar-refractivity contribution in [2.24, 2.45) is 0 Å². The van der Waals surface area contributed by atoms with Gasteiger partial charge >= 0.3 is 6.18 Å². The standard InChI is InChI=1S/C24H18Cl3F3N4O/c25-20-9-2-16(3-10-20)1-4-17-11-21(26)34(22(17)27)13-23(35,12-33-15-31-14-32-33)18-5-7-19(8-6-18)24(28,29)30/h1-11,14-15,35H,12-13H2/b4-1+. The molecule has 2 heterocycles. The van der Waals surface area contributed by atoms with E-state index in [0.717, 1.165) is 17.7 Å². The van der Waals surface area contributed by atoms with Crippen molar-refractivity contribution in [3.63, 3.8) is 0 Å². The van der Waals surface area contributed by atoms with Crippen LogP contribution >= 0.6 is 34.8 Å². The van der Waals surface area contributed by atoms with Gasteiger partial charge in [-0.25, -0.2) is 9.67 Å². The van der Waals surface area contributed by atoms with E-state index >= 15 is 0 Å². The van der Waals surface area contributed by atoms with Gasteiger partial charge in [-0.2, -0.15) is 18.3 Å². The summed E-state index contributed by atoms with van der Waals surface area (Å²) in [5.74, 6) is 0. The van der Waals surface area contributed by atoms with Crippen LogP contribution in [-0.2, 0) is 24.9 Å². The number of aliphatic hydroxyl groups is 1. The first-order valence-corrected chi connectivity index (χ1v) is 11.4. The Morgan fingerprint density at radius 1 is 0.886 bits per heavy atom. The van der Waals surface area contributed by atoms with Crippen molar-refractivity contribution in [3.05, 3.63) is 105 Å². The largest absolute Gasteiger partial charge is 0.416 e. The lowest BCUT2D eigenvalue weighted by Crippen LogP contribution is -2.36. The van der Waals surface area contributed by atoms with Crippen LogP contribution in [-0.4, -0.2) is 24.4 Å². The SMILES string of the molecule is OC(Cn1cncn1)(Cn1c(Cl)cc(/C=C/c2ccc(Cl)cc2)c1Cl)c1ccc(C(F)(F)F)cc1. The van der Waals surface area contributed by atoms with Crippen molar-refractivity contribution in [3.8, 4) is 0 Å². The minimum Gasteiger partial charge on any atom is -0.381 e. The van der Waals surface area contributed by atoms with Crippen LogP contribution < -0.4 is 0 Å². The summed E-state index contributed by atoms with van der Waals surface area (Å²) in [5.41, 5.74) is -0.804. The average Bonchev–Trinajstić information content (AvgIpc) is 3.41. The van der Waals surface area contributed by atoms with E-state index in [2.05, 4.69) is 10.1 Å².